The van der Waals surface area contributed by atoms with Crippen molar-refractivity contribution < 1.29 is 14.7 Å². The smallest absolute Gasteiger partial charge is 0.305 e. The van der Waals surface area contributed by atoms with E-state index in [1.165, 1.54) is 10.9 Å². The van der Waals surface area contributed by atoms with E-state index in [0.717, 1.165) is 16.8 Å². The molecule has 0 atom stereocenters. The van der Waals surface area contributed by atoms with Gasteiger partial charge < -0.3 is 10.4 Å². The van der Waals surface area contributed by atoms with E-state index in [2.05, 4.69) is 10.4 Å². The Morgan fingerprint density at radius 2 is 2.05 bits per heavy atom. The number of carboxylic acids is 1. The number of rotatable bonds is 5. The number of amides is 1. The zero-order chi connectivity index (χ0) is 15.4. The summed E-state index contributed by atoms with van der Waals surface area (Å²) in [5, 5.41) is 15.5. The van der Waals surface area contributed by atoms with E-state index in [1.54, 1.807) is 6.07 Å². The number of carbonyl (C=O) groups excluding carboxylic acids is 1. The van der Waals surface area contributed by atoms with E-state index in [0.29, 0.717) is 5.69 Å². The molecule has 0 fully saturated rings. The van der Waals surface area contributed by atoms with Gasteiger partial charge >= 0.3 is 5.97 Å². The quantitative estimate of drug-likeness (QED) is 0.883. The van der Waals surface area contributed by atoms with E-state index < -0.39 is 5.97 Å². The number of carboxylic acid groups (broad SMARTS) is 1. The van der Waals surface area contributed by atoms with Crippen LogP contribution in [-0.4, -0.2) is 26.8 Å². The van der Waals surface area contributed by atoms with Crippen LogP contribution in [0.5, 0.6) is 0 Å². The fraction of sp³-hybridized carbons (Fsp3) is 0.267. The van der Waals surface area contributed by atoms with E-state index in [-0.39, 0.29) is 18.9 Å². The molecule has 0 spiro atoms. The maximum atomic E-state index is 12.3. The second-order valence-corrected chi connectivity index (χ2v) is 4.86. The molecule has 0 saturated heterocycles. The summed E-state index contributed by atoms with van der Waals surface area (Å²) in [4.78, 5) is 22.9. The van der Waals surface area contributed by atoms with Crippen molar-refractivity contribution in [3.05, 3.63) is 47.3 Å². The molecule has 1 aromatic heterocycles. The van der Waals surface area contributed by atoms with Crippen molar-refractivity contribution in [2.75, 3.05) is 5.32 Å². The molecule has 1 heterocycles. The van der Waals surface area contributed by atoms with E-state index in [4.69, 9.17) is 5.11 Å². The topological polar surface area (TPSA) is 84.2 Å². The Labute approximate surface area is 122 Å². The van der Waals surface area contributed by atoms with Gasteiger partial charge in [0.2, 0.25) is 0 Å². The first-order valence-corrected chi connectivity index (χ1v) is 6.59. The summed E-state index contributed by atoms with van der Waals surface area (Å²) < 4.78 is 1.40. The van der Waals surface area contributed by atoms with Gasteiger partial charge in [-0.3, -0.25) is 14.3 Å². The van der Waals surface area contributed by atoms with Gasteiger partial charge in [-0.1, -0.05) is 17.7 Å². The van der Waals surface area contributed by atoms with Crippen molar-refractivity contribution in [2.24, 2.45) is 0 Å². The van der Waals surface area contributed by atoms with Crippen LogP contribution in [0.2, 0.25) is 0 Å². The van der Waals surface area contributed by atoms with E-state index >= 15 is 0 Å². The molecule has 2 rings (SSSR count). The summed E-state index contributed by atoms with van der Waals surface area (Å²) in [6, 6.07) is 7.32. The summed E-state index contributed by atoms with van der Waals surface area (Å²) in [7, 11) is 0. The highest BCUT2D eigenvalue weighted by Gasteiger charge is 2.13. The molecule has 110 valence electrons. The Hall–Kier alpha value is -2.63. The number of benzene rings is 1. The number of anilines is 1. The molecule has 0 saturated carbocycles. The molecule has 0 bridgehead atoms. The van der Waals surface area contributed by atoms with E-state index in [9.17, 15) is 9.59 Å². The summed E-state index contributed by atoms with van der Waals surface area (Å²) in [6.07, 6.45) is 1.41. The Kier molecular flexibility index (Phi) is 4.37. The largest absolute Gasteiger partial charge is 0.481 e. The minimum Gasteiger partial charge on any atom is -0.481 e. The Morgan fingerprint density at radius 1 is 1.29 bits per heavy atom. The van der Waals surface area contributed by atoms with Crippen molar-refractivity contribution in [1.82, 2.24) is 9.78 Å². The van der Waals surface area contributed by atoms with Gasteiger partial charge in [0.1, 0.15) is 5.69 Å². The SMILES string of the molecule is Cc1ccc(NC(=O)c2ccnn2CCC(=O)O)c(C)c1. The van der Waals surface area contributed by atoms with Gasteiger partial charge in [-0.05, 0) is 31.5 Å². The lowest BCUT2D eigenvalue weighted by molar-refractivity contribution is -0.137. The minimum atomic E-state index is -0.925. The second kappa shape index (κ2) is 6.21. The zero-order valence-electron chi connectivity index (χ0n) is 12.0. The number of nitrogens with one attached hydrogen (secondary N) is 1. The molecule has 21 heavy (non-hydrogen) atoms. The summed E-state index contributed by atoms with van der Waals surface area (Å²) in [5.41, 5.74) is 3.17. The average molecular weight is 287 g/mol. The molecule has 1 amide bonds. The molecule has 2 aromatic rings. The van der Waals surface area contributed by atoms with Gasteiger partial charge in [-0.15, -0.1) is 0 Å². The monoisotopic (exact) mass is 287 g/mol. The fourth-order valence-electron chi connectivity index (χ4n) is 2.05. The van der Waals surface area contributed by atoms with Crippen LogP contribution >= 0.6 is 0 Å². The first kappa shape index (κ1) is 14.8. The van der Waals surface area contributed by atoms with Crippen molar-refractivity contribution in [2.45, 2.75) is 26.8 Å². The first-order chi connectivity index (χ1) is 9.97. The van der Waals surface area contributed by atoms with Gasteiger partial charge in [0.15, 0.2) is 0 Å². The second-order valence-electron chi connectivity index (χ2n) is 4.86. The normalized spacial score (nSPS) is 10.4. The number of aromatic nitrogens is 2. The van der Waals surface area contributed by atoms with Crippen LogP contribution < -0.4 is 5.32 Å². The van der Waals surface area contributed by atoms with Crippen molar-refractivity contribution in [1.29, 1.82) is 0 Å². The third kappa shape index (κ3) is 3.68. The van der Waals surface area contributed by atoms with Crippen molar-refractivity contribution in [3.63, 3.8) is 0 Å². The fourth-order valence-corrected chi connectivity index (χ4v) is 2.05. The van der Waals surface area contributed by atoms with E-state index in [1.807, 2.05) is 32.0 Å². The summed E-state index contributed by atoms with van der Waals surface area (Å²) >= 11 is 0. The predicted molar refractivity (Wildman–Crippen MR) is 78.3 cm³/mol. The maximum Gasteiger partial charge on any atom is 0.305 e. The van der Waals surface area contributed by atoms with Gasteiger partial charge in [0.05, 0.1) is 13.0 Å². The molecule has 2 N–H and O–H groups in total. The predicted octanol–water partition coefficient (Wildman–Crippen LogP) is 2.23. The average Bonchev–Trinajstić information content (AvgIpc) is 2.88. The highest BCUT2D eigenvalue weighted by Crippen LogP contribution is 2.17. The third-order valence-corrected chi connectivity index (χ3v) is 3.12. The highest BCUT2D eigenvalue weighted by molar-refractivity contribution is 6.03. The molecule has 6 heteroatoms. The molecule has 0 radical (unpaired) electrons. The molecule has 0 aliphatic carbocycles. The van der Waals surface area contributed by atoms with Crippen LogP contribution in [0.3, 0.4) is 0 Å². The van der Waals surface area contributed by atoms with Gasteiger partial charge in [0.25, 0.3) is 5.91 Å². The minimum absolute atomic E-state index is 0.0779. The standard InChI is InChI=1S/C15H17N3O3/c1-10-3-4-12(11(2)9-10)17-15(21)13-5-7-16-18(13)8-6-14(19)20/h3-5,7,9H,6,8H2,1-2H3,(H,17,21)(H,19,20). The molecular weight excluding hydrogens is 270 g/mol. The van der Waals surface area contributed by atoms with Crippen LogP contribution in [-0.2, 0) is 11.3 Å². The lowest BCUT2D eigenvalue weighted by Crippen LogP contribution is -2.19. The number of aliphatic carboxylic acids is 1. The Morgan fingerprint density at radius 3 is 2.71 bits per heavy atom. The highest BCUT2D eigenvalue weighted by atomic mass is 16.4. The lowest BCUT2D eigenvalue weighted by Gasteiger charge is -2.10. The van der Waals surface area contributed by atoms with Gasteiger partial charge in [-0.2, -0.15) is 5.10 Å². The van der Waals surface area contributed by atoms with Crippen LogP contribution in [0.1, 0.15) is 28.0 Å². The molecule has 1 aromatic carbocycles. The summed E-state index contributed by atoms with van der Waals surface area (Å²) in [5.74, 6) is -1.23. The first-order valence-electron chi connectivity index (χ1n) is 6.59. The van der Waals surface area contributed by atoms with Gasteiger partial charge in [0, 0.05) is 11.9 Å². The van der Waals surface area contributed by atoms with Crippen LogP contribution in [0.15, 0.2) is 30.5 Å². The van der Waals surface area contributed by atoms with Crippen molar-refractivity contribution in [3.8, 4) is 0 Å². The molecule has 0 aliphatic heterocycles. The zero-order valence-corrected chi connectivity index (χ0v) is 12.0. The number of nitrogens with zero attached hydrogens (tertiary/aromatic N) is 2. The molecule has 0 unspecified atom stereocenters. The molecular formula is C15H17N3O3. The third-order valence-electron chi connectivity index (χ3n) is 3.12. The molecule has 0 aliphatic rings. The Balaban J connectivity index is 2.13. The van der Waals surface area contributed by atoms with Crippen LogP contribution in [0.25, 0.3) is 0 Å². The van der Waals surface area contributed by atoms with Crippen LogP contribution in [0.4, 0.5) is 5.69 Å². The number of hydrogen-bond donors (Lipinski definition) is 2. The van der Waals surface area contributed by atoms with Crippen molar-refractivity contribution >= 4 is 17.6 Å². The van der Waals surface area contributed by atoms with Crippen LogP contribution in [0, 0.1) is 13.8 Å². The maximum absolute atomic E-state index is 12.3. The summed E-state index contributed by atoms with van der Waals surface area (Å²) in [6.45, 7) is 4.07. The lowest BCUT2D eigenvalue weighted by atomic mass is 10.1. The molecule has 6 nitrogen and oxygen atoms in total. The number of carbonyl (C=O) groups is 2. The Bertz CT molecular complexity index is 677. The number of aryl methyl sites for hydroxylation is 3. The van der Waals surface area contributed by atoms with Gasteiger partial charge in [-0.25, -0.2) is 0 Å². The number of hydrogen-bond acceptors (Lipinski definition) is 3.